The van der Waals surface area contributed by atoms with Gasteiger partial charge in [0, 0.05) is 6.04 Å². The third-order valence-electron chi connectivity index (χ3n) is 4.50. The van der Waals surface area contributed by atoms with Crippen molar-refractivity contribution in [1.29, 1.82) is 0 Å². The summed E-state index contributed by atoms with van der Waals surface area (Å²) < 4.78 is 13.7. The summed E-state index contributed by atoms with van der Waals surface area (Å²) >= 11 is 0. The zero-order valence-electron chi connectivity index (χ0n) is 10.9. The van der Waals surface area contributed by atoms with Crippen molar-refractivity contribution in [2.75, 3.05) is 6.54 Å². The van der Waals surface area contributed by atoms with E-state index in [2.05, 4.69) is 5.32 Å². The minimum absolute atomic E-state index is 0.0340. The van der Waals surface area contributed by atoms with Crippen molar-refractivity contribution in [3.8, 4) is 0 Å². The van der Waals surface area contributed by atoms with Gasteiger partial charge in [-0.1, -0.05) is 37.5 Å². The first kappa shape index (κ1) is 12.2. The van der Waals surface area contributed by atoms with Crippen LogP contribution in [0.4, 0.5) is 4.39 Å². The SMILES string of the molecule is Fc1ccccc1CC(CNC1CC1)C1CCC1. The summed E-state index contributed by atoms with van der Waals surface area (Å²) in [5, 5.41) is 3.62. The van der Waals surface area contributed by atoms with Crippen LogP contribution in [0, 0.1) is 17.7 Å². The molecule has 0 heterocycles. The second-order valence-electron chi connectivity index (χ2n) is 5.93. The van der Waals surface area contributed by atoms with Gasteiger partial charge in [0.25, 0.3) is 0 Å². The van der Waals surface area contributed by atoms with Crippen LogP contribution >= 0.6 is 0 Å². The third-order valence-corrected chi connectivity index (χ3v) is 4.50. The number of rotatable bonds is 6. The Morgan fingerprint density at radius 2 is 1.94 bits per heavy atom. The van der Waals surface area contributed by atoms with Gasteiger partial charge >= 0.3 is 0 Å². The molecule has 1 atom stereocenters. The van der Waals surface area contributed by atoms with Crippen LogP contribution in [0.2, 0.25) is 0 Å². The fourth-order valence-corrected chi connectivity index (χ4v) is 2.87. The summed E-state index contributed by atoms with van der Waals surface area (Å²) in [6.07, 6.45) is 7.60. The highest BCUT2D eigenvalue weighted by Crippen LogP contribution is 2.35. The van der Waals surface area contributed by atoms with Crippen LogP contribution in [0.3, 0.4) is 0 Å². The highest BCUT2D eigenvalue weighted by molar-refractivity contribution is 5.18. The van der Waals surface area contributed by atoms with Crippen molar-refractivity contribution >= 4 is 0 Å². The molecule has 1 unspecified atom stereocenters. The Morgan fingerprint density at radius 1 is 1.17 bits per heavy atom. The van der Waals surface area contributed by atoms with Crippen molar-refractivity contribution in [3.05, 3.63) is 35.6 Å². The van der Waals surface area contributed by atoms with Crippen LogP contribution in [0.1, 0.15) is 37.7 Å². The lowest BCUT2D eigenvalue weighted by Gasteiger charge is -2.34. The molecular weight excluding hydrogens is 225 g/mol. The number of halogens is 1. The molecule has 0 aliphatic heterocycles. The Kier molecular flexibility index (Phi) is 3.64. The summed E-state index contributed by atoms with van der Waals surface area (Å²) in [6.45, 7) is 1.07. The van der Waals surface area contributed by atoms with E-state index in [4.69, 9.17) is 0 Å². The molecule has 0 aromatic heterocycles. The van der Waals surface area contributed by atoms with Gasteiger partial charge in [0.05, 0.1) is 0 Å². The highest BCUT2D eigenvalue weighted by atomic mass is 19.1. The number of benzene rings is 1. The molecular formula is C16H22FN. The zero-order chi connectivity index (χ0) is 12.4. The van der Waals surface area contributed by atoms with E-state index in [0.29, 0.717) is 5.92 Å². The van der Waals surface area contributed by atoms with Gasteiger partial charge in [-0.2, -0.15) is 0 Å². The van der Waals surface area contributed by atoms with Gasteiger partial charge in [-0.15, -0.1) is 0 Å². The van der Waals surface area contributed by atoms with Gasteiger partial charge in [0.2, 0.25) is 0 Å². The van der Waals surface area contributed by atoms with Gasteiger partial charge in [-0.25, -0.2) is 4.39 Å². The van der Waals surface area contributed by atoms with Crippen LogP contribution in [-0.2, 0) is 6.42 Å². The van der Waals surface area contributed by atoms with Crippen LogP contribution in [0.5, 0.6) is 0 Å². The maximum atomic E-state index is 13.7. The lowest BCUT2D eigenvalue weighted by Crippen LogP contribution is -2.34. The molecule has 1 nitrogen and oxygen atoms in total. The predicted octanol–water partition coefficient (Wildman–Crippen LogP) is 3.54. The average Bonchev–Trinajstić information content (AvgIpc) is 3.10. The van der Waals surface area contributed by atoms with E-state index in [0.717, 1.165) is 30.5 Å². The molecule has 0 spiro atoms. The Labute approximate surface area is 109 Å². The summed E-state index contributed by atoms with van der Waals surface area (Å²) in [5.74, 6) is 1.40. The first-order valence-corrected chi connectivity index (χ1v) is 7.29. The molecule has 1 aromatic carbocycles. The molecule has 0 amide bonds. The molecule has 2 heteroatoms. The van der Waals surface area contributed by atoms with E-state index in [1.165, 1.54) is 32.1 Å². The van der Waals surface area contributed by atoms with Crippen LogP contribution in [0.25, 0.3) is 0 Å². The fraction of sp³-hybridized carbons (Fsp3) is 0.625. The van der Waals surface area contributed by atoms with E-state index in [1.54, 1.807) is 12.1 Å². The molecule has 1 N–H and O–H groups in total. The van der Waals surface area contributed by atoms with Crippen LogP contribution < -0.4 is 5.32 Å². The average molecular weight is 247 g/mol. The van der Waals surface area contributed by atoms with E-state index < -0.39 is 0 Å². The van der Waals surface area contributed by atoms with Crippen molar-refractivity contribution in [2.24, 2.45) is 11.8 Å². The van der Waals surface area contributed by atoms with Gasteiger partial charge < -0.3 is 5.32 Å². The molecule has 3 rings (SSSR count). The lowest BCUT2D eigenvalue weighted by atomic mass is 9.73. The Bertz CT molecular complexity index is 396. The molecule has 0 saturated heterocycles. The smallest absolute Gasteiger partial charge is 0.126 e. The normalized spacial score (nSPS) is 21.6. The van der Waals surface area contributed by atoms with Crippen LogP contribution in [0.15, 0.2) is 24.3 Å². The highest BCUT2D eigenvalue weighted by Gasteiger charge is 2.29. The second-order valence-corrected chi connectivity index (χ2v) is 5.93. The third kappa shape index (κ3) is 2.92. The Morgan fingerprint density at radius 3 is 2.56 bits per heavy atom. The molecule has 0 radical (unpaired) electrons. The van der Waals surface area contributed by atoms with Crippen molar-refractivity contribution in [3.63, 3.8) is 0 Å². The largest absolute Gasteiger partial charge is 0.314 e. The number of hydrogen-bond acceptors (Lipinski definition) is 1. The molecule has 98 valence electrons. The fourth-order valence-electron chi connectivity index (χ4n) is 2.87. The number of nitrogens with one attached hydrogen (secondary N) is 1. The van der Waals surface area contributed by atoms with Crippen molar-refractivity contribution in [2.45, 2.75) is 44.6 Å². The molecule has 2 fully saturated rings. The molecule has 2 saturated carbocycles. The quantitative estimate of drug-likeness (QED) is 0.811. The Balaban J connectivity index is 1.62. The molecule has 18 heavy (non-hydrogen) atoms. The summed E-state index contributed by atoms with van der Waals surface area (Å²) in [4.78, 5) is 0. The molecule has 1 aromatic rings. The maximum absolute atomic E-state index is 13.7. The van der Waals surface area contributed by atoms with Gasteiger partial charge in [-0.3, -0.25) is 0 Å². The minimum Gasteiger partial charge on any atom is -0.314 e. The minimum atomic E-state index is -0.0340. The number of hydrogen-bond donors (Lipinski definition) is 1. The second kappa shape index (κ2) is 5.40. The predicted molar refractivity (Wildman–Crippen MR) is 72.0 cm³/mol. The summed E-state index contributed by atoms with van der Waals surface area (Å²) in [6, 6.07) is 8.01. The van der Waals surface area contributed by atoms with E-state index in [-0.39, 0.29) is 5.82 Å². The monoisotopic (exact) mass is 247 g/mol. The van der Waals surface area contributed by atoms with E-state index in [1.807, 2.05) is 12.1 Å². The molecule has 2 aliphatic carbocycles. The zero-order valence-corrected chi connectivity index (χ0v) is 10.9. The molecule has 0 bridgehead atoms. The molecule has 2 aliphatic rings. The standard InChI is InChI=1S/C16H22FN/c17-16-7-2-1-4-13(16)10-14(12-5-3-6-12)11-18-15-8-9-15/h1-2,4,7,12,14-15,18H,3,5-6,8-11H2. The van der Waals surface area contributed by atoms with Gasteiger partial charge in [0.15, 0.2) is 0 Å². The van der Waals surface area contributed by atoms with E-state index in [9.17, 15) is 4.39 Å². The topological polar surface area (TPSA) is 12.0 Å². The maximum Gasteiger partial charge on any atom is 0.126 e. The Hall–Kier alpha value is -0.890. The first-order valence-electron chi connectivity index (χ1n) is 7.29. The van der Waals surface area contributed by atoms with Gasteiger partial charge in [-0.05, 0) is 49.3 Å². The van der Waals surface area contributed by atoms with Crippen LogP contribution in [-0.4, -0.2) is 12.6 Å². The van der Waals surface area contributed by atoms with Crippen molar-refractivity contribution in [1.82, 2.24) is 5.32 Å². The summed E-state index contributed by atoms with van der Waals surface area (Å²) in [7, 11) is 0. The van der Waals surface area contributed by atoms with E-state index >= 15 is 0 Å². The first-order chi connectivity index (χ1) is 8.83. The lowest BCUT2D eigenvalue weighted by molar-refractivity contribution is 0.198. The van der Waals surface area contributed by atoms with Gasteiger partial charge in [0.1, 0.15) is 5.82 Å². The summed E-state index contributed by atoms with van der Waals surface area (Å²) in [5.41, 5.74) is 0.895. The van der Waals surface area contributed by atoms with Crippen molar-refractivity contribution < 1.29 is 4.39 Å².